The van der Waals surface area contributed by atoms with E-state index in [4.69, 9.17) is 13.3 Å². The molecule has 4 nitrogen and oxygen atoms in total. The van der Waals surface area contributed by atoms with Crippen molar-refractivity contribution < 1.29 is 13.3 Å². The molecule has 0 radical (unpaired) electrons. The van der Waals surface area contributed by atoms with Crippen molar-refractivity contribution in [3.05, 3.63) is 267 Å². The molecule has 0 unspecified atom stereocenters. The van der Waals surface area contributed by atoms with Crippen molar-refractivity contribution in [1.82, 2.24) is 0 Å². The van der Waals surface area contributed by atoms with Crippen LogP contribution in [0.25, 0.3) is 133 Å². The molecular weight excluding hydrogens is 1480 g/mol. The molecule has 12 aromatic carbocycles. The Labute approximate surface area is 725 Å². The van der Waals surface area contributed by atoms with E-state index in [0.29, 0.717) is 0 Å². The van der Waals surface area contributed by atoms with Crippen molar-refractivity contribution in [2.75, 3.05) is 4.90 Å². The van der Waals surface area contributed by atoms with Gasteiger partial charge in [0.05, 0.1) is 0 Å². The first-order valence-electron chi connectivity index (χ1n) is 48.0. The average molecular weight is 1610 g/mol. The highest BCUT2D eigenvalue weighted by molar-refractivity contribution is 6.22. The summed E-state index contributed by atoms with van der Waals surface area (Å²) in [5, 5.41) is 7.42. The summed E-state index contributed by atoms with van der Waals surface area (Å²) in [4.78, 5) is 2.73. The fourth-order valence-corrected chi connectivity index (χ4v) is 25.6. The highest BCUT2D eigenvalue weighted by Crippen LogP contribution is 2.68. The molecule has 122 heavy (non-hydrogen) atoms. The maximum atomic E-state index is 7.37. The second kappa shape index (κ2) is 30.4. The van der Waals surface area contributed by atoms with Gasteiger partial charge in [0.25, 0.3) is 0 Å². The minimum atomic E-state index is -0.415. The Morgan fingerprint density at radius 3 is 1.13 bits per heavy atom. The van der Waals surface area contributed by atoms with Crippen LogP contribution in [0, 0.1) is 0 Å². The van der Waals surface area contributed by atoms with Crippen LogP contribution in [-0.2, 0) is 32.5 Å². The Morgan fingerprint density at radius 1 is 0.230 bits per heavy atom. The number of hydrogen-bond acceptors (Lipinski definition) is 4. The van der Waals surface area contributed by atoms with Crippen LogP contribution >= 0.6 is 0 Å². The van der Waals surface area contributed by atoms with Gasteiger partial charge < -0.3 is 18.2 Å². The highest BCUT2D eigenvalue weighted by atomic mass is 16.3. The Morgan fingerprint density at radius 2 is 0.574 bits per heavy atom. The van der Waals surface area contributed by atoms with Gasteiger partial charge in [0, 0.05) is 87.4 Å². The minimum absolute atomic E-state index is 0.136. The van der Waals surface area contributed by atoms with E-state index in [1.54, 1.807) is 16.7 Å². The molecule has 0 fully saturated rings. The van der Waals surface area contributed by atoms with Crippen LogP contribution in [0.3, 0.4) is 0 Å². The molecule has 0 saturated heterocycles. The molecule has 4 heteroatoms. The zero-order valence-electron chi connectivity index (χ0n) is 75.0. The number of unbranched alkanes of at least 4 members (excludes halogenated alkanes) is 20. The predicted octanol–water partition coefficient (Wildman–Crippen LogP) is 35.6. The van der Waals surface area contributed by atoms with Crippen molar-refractivity contribution in [3.8, 4) is 66.8 Å². The average Bonchev–Trinajstić information content (AvgIpc) is 1.51. The number of furan rings is 3. The van der Waals surface area contributed by atoms with Gasteiger partial charge in [-0.25, -0.2) is 0 Å². The summed E-state index contributed by atoms with van der Waals surface area (Å²) in [5.41, 5.74) is 41.6. The van der Waals surface area contributed by atoms with E-state index in [1.807, 2.05) is 0 Å². The number of fused-ring (bicyclic) bond motifs is 32. The predicted molar refractivity (Wildman–Crippen MR) is 518 cm³/mol. The maximum Gasteiger partial charge on any atom is 0.144 e. The van der Waals surface area contributed by atoms with Crippen LogP contribution in [0.1, 0.15) is 330 Å². The van der Waals surface area contributed by atoms with Crippen LogP contribution in [0.2, 0.25) is 0 Å². The standard InChI is InChI=1S/C118H125NO3/c1-13-17-21-25-29-41-63-117(64-42-30-26-22-18-14-2)90-60-62-102-106(82-47-35-39-51-99(82)121-102)104(90)87-73-96-85(71-97(87)117)78-57-54-76(69-95(78)118(96,65-43-31-27-23-19-15-3)66-44-32-28-24-20-16-4)119(74-53-56-77-84-70-94-86(72-93(84)114(7,8)91(77)67-74)103-89(113(94,5)6)59-61-101-105(103)81-46-34-38-50-98(81)120-101)75-55-58-80-92(68-75)116(11,12)111-109(80)112-108(83-48-36-40-52-100(83)122-112)107-79-45-33-37-49-88(79)115(9,10)110(107)111/h33-40,45-62,67-73H,13-32,41-44,63-66H2,1-12H3. The van der Waals surface area contributed by atoms with Gasteiger partial charge >= 0.3 is 0 Å². The van der Waals surface area contributed by atoms with E-state index < -0.39 is 5.41 Å². The number of hydrogen-bond donors (Lipinski definition) is 0. The van der Waals surface area contributed by atoms with E-state index in [9.17, 15) is 0 Å². The second-order valence-electron chi connectivity index (χ2n) is 40.4. The summed E-state index contributed by atoms with van der Waals surface area (Å²) >= 11 is 0. The summed E-state index contributed by atoms with van der Waals surface area (Å²) in [6, 6.07) is 79.6. The molecule has 0 spiro atoms. The molecule has 21 rings (SSSR count). The lowest BCUT2D eigenvalue weighted by atomic mass is 9.68. The van der Waals surface area contributed by atoms with Crippen molar-refractivity contribution in [1.29, 1.82) is 0 Å². The lowest BCUT2D eigenvalue weighted by Crippen LogP contribution is -2.27. The van der Waals surface area contributed by atoms with Crippen LogP contribution < -0.4 is 4.90 Å². The largest absolute Gasteiger partial charge is 0.456 e. The van der Waals surface area contributed by atoms with Gasteiger partial charge in [-0.2, -0.15) is 0 Å². The van der Waals surface area contributed by atoms with Gasteiger partial charge in [0.15, 0.2) is 0 Å². The molecule has 0 saturated carbocycles. The van der Waals surface area contributed by atoms with Gasteiger partial charge in [0.1, 0.15) is 33.5 Å². The van der Waals surface area contributed by atoms with Crippen molar-refractivity contribution in [2.45, 2.75) is 295 Å². The second-order valence-corrected chi connectivity index (χ2v) is 40.4. The van der Waals surface area contributed by atoms with Gasteiger partial charge in [-0.05, 0) is 245 Å². The lowest BCUT2D eigenvalue weighted by Gasteiger charge is -2.35. The summed E-state index contributed by atoms with van der Waals surface area (Å²) in [6.45, 7) is 29.4. The number of anilines is 3. The molecule has 3 heterocycles. The molecule has 620 valence electrons. The number of rotatable bonds is 31. The molecule has 0 amide bonds. The first-order chi connectivity index (χ1) is 59.4. The third kappa shape index (κ3) is 11.9. The molecule has 15 aromatic rings. The molecule has 0 bridgehead atoms. The molecule has 0 atom stereocenters. The van der Waals surface area contributed by atoms with E-state index in [-0.39, 0.29) is 27.1 Å². The molecule has 6 aliphatic rings. The molecule has 6 aliphatic carbocycles. The Balaban J connectivity index is 0.785. The van der Waals surface area contributed by atoms with Gasteiger partial charge in [-0.15, -0.1) is 0 Å². The Kier molecular flexibility index (Phi) is 19.7. The van der Waals surface area contributed by atoms with Crippen molar-refractivity contribution in [2.24, 2.45) is 0 Å². The fourth-order valence-electron chi connectivity index (χ4n) is 25.6. The normalized spacial score (nSPS) is 16.0. The molecule has 0 N–H and O–H groups in total. The molecular formula is C118H125NO3. The smallest absolute Gasteiger partial charge is 0.144 e. The first kappa shape index (κ1) is 79.0. The van der Waals surface area contributed by atoms with Crippen molar-refractivity contribution >= 4 is 82.9 Å². The van der Waals surface area contributed by atoms with E-state index in [0.717, 1.165) is 46.3 Å². The van der Waals surface area contributed by atoms with Gasteiger partial charge in [0.2, 0.25) is 0 Å². The summed E-state index contributed by atoms with van der Waals surface area (Å²) in [7, 11) is 0. The highest BCUT2D eigenvalue weighted by Gasteiger charge is 2.53. The fraction of sp³-hybridized carbons (Fsp3) is 0.390. The van der Waals surface area contributed by atoms with Crippen LogP contribution in [0.15, 0.2) is 213 Å². The van der Waals surface area contributed by atoms with E-state index >= 15 is 0 Å². The topological polar surface area (TPSA) is 42.7 Å². The van der Waals surface area contributed by atoms with Gasteiger partial charge in [-0.1, -0.05) is 346 Å². The summed E-state index contributed by atoms with van der Waals surface area (Å²) in [5.74, 6) is 0. The SMILES string of the molecule is CCCCCCCCC1(CCCCCCCC)c2cc(N(c3ccc4c(c3)C(C)(C)c3cc5c(cc3-4)C(C)(C)c3ccc4oc6ccccc6c4c3-5)c3ccc4c(c3)C(C)(C)c3c5c(c6c(oc7ccccc76)c3-4)-c3ccccc3C5(C)C)ccc2-c2cc3c(cc21)-c1c(ccc2oc4ccccc4c12)C3(CCCCCCCC)CCCCCCCC. The summed E-state index contributed by atoms with van der Waals surface area (Å²) in [6.07, 6.45) is 35.1. The van der Waals surface area contributed by atoms with E-state index in [1.165, 1.54) is 333 Å². The zero-order valence-corrected chi connectivity index (χ0v) is 75.0. The number of benzene rings is 12. The quantitative estimate of drug-likeness (QED) is 0.0406. The van der Waals surface area contributed by atoms with Crippen LogP contribution in [-0.4, -0.2) is 0 Å². The Hall–Kier alpha value is -10.2. The minimum Gasteiger partial charge on any atom is -0.456 e. The monoisotopic (exact) mass is 1600 g/mol. The van der Waals surface area contributed by atoms with Gasteiger partial charge in [-0.3, -0.25) is 0 Å². The van der Waals surface area contributed by atoms with E-state index in [2.05, 4.69) is 288 Å². The van der Waals surface area contributed by atoms with Crippen LogP contribution in [0.4, 0.5) is 17.1 Å². The zero-order chi connectivity index (χ0) is 83.3. The number of nitrogens with zero attached hydrogens (tertiary/aromatic N) is 1. The Bertz CT molecular complexity index is 6650. The third-order valence-corrected chi connectivity index (χ3v) is 31.8. The summed E-state index contributed by atoms with van der Waals surface area (Å²) < 4.78 is 21.1. The first-order valence-corrected chi connectivity index (χ1v) is 48.0. The third-order valence-electron chi connectivity index (χ3n) is 31.8. The van der Waals surface area contributed by atoms with Crippen molar-refractivity contribution in [3.63, 3.8) is 0 Å². The lowest BCUT2D eigenvalue weighted by molar-refractivity contribution is 0.394. The number of para-hydroxylation sites is 3. The molecule has 0 aliphatic heterocycles. The van der Waals surface area contributed by atoms with Crippen LogP contribution in [0.5, 0.6) is 0 Å². The molecule has 3 aromatic heterocycles. The maximum absolute atomic E-state index is 7.37.